The molecule has 160 valence electrons. The fraction of sp³-hybridized carbons (Fsp3) is 0.429. The lowest BCUT2D eigenvalue weighted by Crippen LogP contribution is -2.44. The molecule has 4 N–H and O–H groups in total. The van der Waals surface area contributed by atoms with Crippen molar-refractivity contribution in [2.45, 2.75) is 39.8 Å². The number of hydrogen-bond donors (Lipinski definition) is 4. The van der Waals surface area contributed by atoms with Gasteiger partial charge in [0.1, 0.15) is 17.1 Å². The van der Waals surface area contributed by atoms with E-state index in [2.05, 4.69) is 20.9 Å². The molecule has 0 saturated carbocycles. The molecule has 1 aromatic heterocycles. The van der Waals surface area contributed by atoms with Crippen LogP contribution < -0.4 is 16.0 Å². The summed E-state index contributed by atoms with van der Waals surface area (Å²) in [5, 5.41) is 19.8. The fourth-order valence-corrected chi connectivity index (χ4v) is 2.98. The van der Waals surface area contributed by atoms with Gasteiger partial charge >= 0.3 is 0 Å². The Hall–Kier alpha value is -2.07. The molecule has 2 rings (SSSR count). The first kappa shape index (κ1) is 25.0. The highest BCUT2D eigenvalue weighted by Gasteiger charge is 2.27. The maximum Gasteiger partial charge on any atom is 0.251 e. The molecule has 7 nitrogen and oxygen atoms in total. The third-order valence-electron chi connectivity index (χ3n) is 4.40. The Kier molecular flexibility index (Phi) is 9.64. The van der Waals surface area contributed by atoms with Gasteiger partial charge in [0.15, 0.2) is 5.96 Å². The number of carbonyl (C=O) groups is 1. The number of rotatable bonds is 7. The molecule has 0 aliphatic carbocycles. The maximum absolute atomic E-state index is 11.8. The Bertz CT molecular complexity index is 846. The van der Waals surface area contributed by atoms with E-state index in [0.29, 0.717) is 30.4 Å². The Balaban J connectivity index is 0.00000420. The molecule has 0 aliphatic rings. The van der Waals surface area contributed by atoms with Crippen molar-refractivity contribution in [3.8, 4) is 0 Å². The van der Waals surface area contributed by atoms with Gasteiger partial charge in [0.05, 0.1) is 13.1 Å². The van der Waals surface area contributed by atoms with Gasteiger partial charge in [-0.25, -0.2) is 4.99 Å². The quantitative estimate of drug-likeness (QED) is 0.259. The van der Waals surface area contributed by atoms with Gasteiger partial charge in [0.2, 0.25) is 0 Å². The van der Waals surface area contributed by atoms with E-state index in [0.717, 1.165) is 16.9 Å². The third-order valence-corrected chi connectivity index (χ3v) is 4.40. The monoisotopic (exact) mass is 514 g/mol. The number of aliphatic imine (C=N–C) groups is 1. The van der Waals surface area contributed by atoms with Crippen molar-refractivity contribution in [2.24, 2.45) is 4.99 Å². The van der Waals surface area contributed by atoms with Crippen molar-refractivity contribution < 1.29 is 14.3 Å². The first-order valence-corrected chi connectivity index (χ1v) is 9.40. The van der Waals surface area contributed by atoms with Gasteiger partial charge in [-0.15, -0.1) is 24.0 Å². The topological polar surface area (TPSA) is 98.9 Å². The molecule has 1 unspecified atom stereocenters. The van der Waals surface area contributed by atoms with Crippen LogP contribution >= 0.6 is 24.0 Å². The van der Waals surface area contributed by atoms with Gasteiger partial charge < -0.3 is 25.5 Å². The second-order valence-corrected chi connectivity index (χ2v) is 6.93. The summed E-state index contributed by atoms with van der Waals surface area (Å²) in [6.45, 7) is 8.80. The number of hydrogen-bond acceptors (Lipinski definition) is 4. The van der Waals surface area contributed by atoms with E-state index in [1.165, 1.54) is 0 Å². The summed E-state index contributed by atoms with van der Waals surface area (Å²) in [6, 6.07) is 9.20. The minimum absolute atomic E-state index is 0. The zero-order valence-electron chi connectivity index (χ0n) is 17.6. The van der Waals surface area contributed by atoms with Gasteiger partial charge in [0, 0.05) is 24.7 Å². The second kappa shape index (κ2) is 11.2. The third kappa shape index (κ3) is 7.04. The van der Waals surface area contributed by atoms with Crippen molar-refractivity contribution in [3.05, 3.63) is 58.5 Å². The molecule has 1 atom stereocenters. The predicted molar refractivity (Wildman–Crippen MR) is 126 cm³/mol. The molecule has 8 heteroatoms. The van der Waals surface area contributed by atoms with Crippen LogP contribution in [0.2, 0.25) is 0 Å². The first-order chi connectivity index (χ1) is 13.3. The number of nitrogens with zero attached hydrogens (tertiary/aromatic N) is 1. The Morgan fingerprint density at radius 2 is 1.97 bits per heavy atom. The maximum atomic E-state index is 11.8. The van der Waals surface area contributed by atoms with Crippen LogP contribution in [-0.4, -0.2) is 37.1 Å². The van der Waals surface area contributed by atoms with E-state index >= 15 is 0 Å². The number of benzene rings is 1. The van der Waals surface area contributed by atoms with Crippen LogP contribution in [0.25, 0.3) is 0 Å². The summed E-state index contributed by atoms with van der Waals surface area (Å²) in [5.74, 6) is 1.94. The van der Waals surface area contributed by atoms with E-state index in [9.17, 15) is 9.90 Å². The summed E-state index contributed by atoms with van der Waals surface area (Å²) in [7, 11) is 1.61. The minimum Gasteiger partial charge on any atom is -0.466 e. The SMILES string of the molecule is CCNC(=NCc1cccc(C(=O)NC)c1)NCC(C)(O)c1cc(C)oc1C.I. The zero-order chi connectivity index (χ0) is 20.7. The standard InChI is InChI=1S/C21H30N4O3.HI/c1-6-23-20(24-12-16-8-7-9-17(11-16)19(26)22-5)25-13-21(4,27)18-10-14(2)28-15(18)3;/h7-11,27H,6,12-13H2,1-5H3,(H,22,26)(H2,23,24,25);1H. The normalized spacial score (nSPS) is 13.2. The van der Waals surface area contributed by atoms with Crippen LogP contribution in [0.15, 0.2) is 39.7 Å². The highest BCUT2D eigenvalue weighted by Crippen LogP contribution is 2.26. The lowest BCUT2D eigenvalue weighted by atomic mass is 9.96. The number of nitrogens with one attached hydrogen (secondary N) is 3. The molecule has 1 aromatic carbocycles. The zero-order valence-corrected chi connectivity index (χ0v) is 20.0. The average Bonchev–Trinajstić information content (AvgIpc) is 3.02. The Morgan fingerprint density at radius 3 is 2.55 bits per heavy atom. The number of aliphatic hydroxyl groups is 1. The summed E-state index contributed by atoms with van der Waals surface area (Å²) < 4.78 is 5.53. The molecule has 2 aromatic rings. The van der Waals surface area contributed by atoms with Crippen molar-refractivity contribution in [3.63, 3.8) is 0 Å². The first-order valence-electron chi connectivity index (χ1n) is 9.40. The fourth-order valence-electron chi connectivity index (χ4n) is 2.98. The summed E-state index contributed by atoms with van der Waals surface area (Å²) in [4.78, 5) is 16.3. The van der Waals surface area contributed by atoms with Crippen molar-refractivity contribution in [1.82, 2.24) is 16.0 Å². The van der Waals surface area contributed by atoms with E-state index in [1.807, 2.05) is 45.0 Å². The number of halogens is 1. The molecule has 0 aliphatic heterocycles. The lowest BCUT2D eigenvalue weighted by Gasteiger charge is -2.24. The van der Waals surface area contributed by atoms with Crippen LogP contribution in [0, 0.1) is 13.8 Å². The predicted octanol–water partition coefficient (Wildman–Crippen LogP) is 2.84. The highest BCUT2D eigenvalue weighted by molar-refractivity contribution is 14.0. The van der Waals surface area contributed by atoms with Crippen LogP contribution in [-0.2, 0) is 12.1 Å². The van der Waals surface area contributed by atoms with Crippen molar-refractivity contribution in [2.75, 3.05) is 20.1 Å². The van der Waals surface area contributed by atoms with Crippen LogP contribution in [0.1, 0.15) is 46.9 Å². The van der Waals surface area contributed by atoms with E-state index in [4.69, 9.17) is 4.42 Å². The lowest BCUT2D eigenvalue weighted by molar-refractivity contribution is 0.0601. The van der Waals surface area contributed by atoms with Gasteiger partial charge in [-0.1, -0.05) is 12.1 Å². The van der Waals surface area contributed by atoms with Gasteiger partial charge in [-0.3, -0.25) is 4.79 Å². The number of carbonyl (C=O) groups excluding carboxylic acids is 1. The Labute approximate surface area is 189 Å². The molecule has 1 heterocycles. The number of furan rings is 1. The molecule has 0 saturated heterocycles. The molecule has 0 radical (unpaired) electrons. The summed E-state index contributed by atoms with van der Waals surface area (Å²) >= 11 is 0. The van der Waals surface area contributed by atoms with Crippen LogP contribution in [0.5, 0.6) is 0 Å². The van der Waals surface area contributed by atoms with E-state index in [1.54, 1.807) is 20.0 Å². The van der Waals surface area contributed by atoms with Crippen molar-refractivity contribution in [1.29, 1.82) is 0 Å². The summed E-state index contributed by atoms with van der Waals surface area (Å²) in [5.41, 5.74) is 1.18. The van der Waals surface area contributed by atoms with Gasteiger partial charge in [-0.05, 0) is 51.5 Å². The van der Waals surface area contributed by atoms with Crippen molar-refractivity contribution >= 4 is 35.8 Å². The number of amides is 1. The molecule has 0 bridgehead atoms. The molecule has 29 heavy (non-hydrogen) atoms. The molecular weight excluding hydrogens is 483 g/mol. The average molecular weight is 514 g/mol. The van der Waals surface area contributed by atoms with Crippen LogP contribution in [0.4, 0.5) is 0 Å². The number of guanidine groups is 1. The van der Waals surface area contributed by atoms with Gasteiger partial charge in [-0.2, -0.15) is 0 Å². The largest absolute Gasteiger partial charge is 0.466 e. The molecular formula is C21H31IN4O3. The number of aryl methyl sites for hydroxylation is 2. The minimum atomic E-state index is -1.10. The smallest absolute Gasteiger partial charge is 0.251 e. The highest BCUT2D eigenvalue weighted by atomic mass is 127. The van der Waals surface area contributed by atoms with E-state index in [-0.39, 0.29) is 36.4 Å². The molecule has 1 amide bonds. The van der Waals surface area contributed by atoms with E-state index < -0.39 is 5.60 Å². The Morgan fingerprint density at radius 1 is 1.24 bits per heavy atom. The van der Waals surface area contributed by atoms with Gasteiger partial charge in [0.25, 0.3) is 5.91 Å². The summed E-state index contributed by atoms with van der Waals surface area (Å²) in [6.07, 6.45) is 0. The second-order valence-electron chi connectivity index (χ2n) is 6.93. The van der Waals surface area contributed by atoms with Crippen LogP contribution in [0.3, 0.4) is 0 Å². The molecule has 0 fully saturated rings. The molecule has 0 spiro atoms.